The highest BCUT2D eigenvalue weighted by Crippen LogP contribution is 2.42. The molecule has 1 amide bonds. The molecular formula is C29H31F3N2O2. The summed E-state index contributed by atoms with van der Waals surface area (Å²) in [6.07, 6.45) is -3.64. The average molecular weight is 497 g/mol. The van der Waals surface area contributed by atoms with Crippen LogP contribution in [-0.4, -0.2) is 45.1 Å². The number of fused-ring (bicyclic) bond motifs is 1. The number of nitrogens with zero attached hydrogens (tertiary/aromatic N) is 2. The minimum Gasteiger partial charge on any atom is -0.497 e. The molecule has 36 heavy (non-hydrogen) atoms. The maximum Gasteiger partial charge on any atom is 0.416 e. The number of hydrogen-bond donors (Lipinski definition) is 0. The van der Waals surface area contributed by atoms with Crippen LogP contribution < -0.4 is 9.64 Å². The molecule has 0 aromatic heterocycles. The Bertz CT molecular complexity index is 1180. The molecule has 0 N–H and O–H groups in total. The number of hydrogen-bond acceptors (Lipinski definition) is 3. The Labute approximate surface area is 210 Å². The fraction of sp³-hybridized carbons (Fsp3) is 0.345. The van der Waals surface area contributed by atoms with Gasteiger partial charge in [-0.2, -0.15) is 13.2 Å². The zero-order chi connectivity index (χ0) is 25.9. The minimum absolute atomic E-state index is 0.0694. The lowest BCUT2D eigenvalue weighted by atomic mass is 9.78. The summed E-state index contributed by atoms with van der Waals surface area (Å²) in [5, 5.41) is 0. The molecule has 4 rings (SSSR count). The van der Waals surface area contributed by atoms with Gasteiger partial charge in [-0.1, -0.05) is 42.5 Å². The molecule has 0 bridgehead atoms. The van der Waals surface area contributed by atoms with E-state index in [1.807, 2.05) is 73.6 Å². The highest BCUT2D eigenvalue weighted by atomic mass is 19.4. The van der Waals surface area contributed by atoms with Crippen LogP contribution in [0.5, 0.6) is 5.75 Å². The molecule has 0 unspecified atom stereocenters. The summed E-state index contributed by atoms with van der Waals surface area (Å²) in [6, 6.07) is 21.0. The molecule has 4 nitrogen and oxygen atoms in total. The number of likely N-dealkylation sites (N-methyl/N-ethyl adjacent to an activating group) is 1. The summed E-state index contributed by atoms with van der Waals surface area (Å²) >= 11 is 0. The standard InChI is InChI=1S/C29H31F3N2O2/c1-33(2)15-16-34-27-14-11-23(29(30,31)32)18-22(27)19-25(21-9-12-24(36-3)13-10-21)26(28(34)35)17-20-7-5-4-6-8-20/h4-14,18,25-26H,15-17,19H2,1-3H3/t25-,26+/m1/s1. The summed E-state index contributed by atoms with van der Waals surface area (Å²) in [6.45, 7) is 0.988. The van der Waals surface area contributed by atoms with Crippen LogP contribution in [0.3, 0.4) is 0 Å². The summed E-state index contributed by atoms with van der Waals surface area (Å²) < 4.78 is 46.3. The lowest BCUT2D eigenvalue weighted by Crippen LogP contribution is -2.41. The van der Waals surface area contributed by atoms with E-state index in [0.717, 1.165) is 17.2 Å². The van der Waals surface area contributed by atoms with Gasteiger partial charge in [0.1, 0.15) is 5.75 Å². The van der Waals surface area contributed by atoms with Gasteiger partial charge in [0.05, 0.1) is 12.7 Å². The predicted octanol–water partition coefficient (Wildman–Crippen LogP) is 5.81. The Morgan fingerprint density at radius 2 is 1.69 bits per heavy atom. The molecule has 7 heteroatoms. The van der Waals surface area contributed by atoms with Gasteiger partial charge in [0, 0.05) is 24.7 Å². The SMILES string of the molecule is COc1ccc([C@H]2Cc3cc(C(F)(F)F)ccc3N(CCN(C)C)C(=O)[C@H]2Cc2ccccc2)cc1. The third-order valence-corrected chi connectivity index (χ3v) is 6.82. The first-order chi connectivity index (χ1) is 17.2. The first-order valence-corrected chi connectivity index (χ1v) is 12.0. The van der Waals surface area contributed by atoms with E-state index in [-0.39, 0.29) is 11.8 Å². The van der Waals surface area contributed by atoms with Gasteiger partial charge in [-0.25, -0.2) is 0 Å². The Morgan fingerprint density at radius 3 is 2.31 bits per heavy atom. The van der Waals surface area contributed by atoms with Crippen molar-refractivity contribution in [3.05, 3.63) is 95.1 Å². The maximum atomic E-state index is 14.2. The molecule has 1 heterocycles. The molecule has 2 atom stereocenters. The monoisotopic (exact) mass is 496 g/mol. The van der Waals surface area contributed by atoms with Crippen molar-refractivity contribution in [2.75, 3.05) is 39.2 Å². The van der Waals surface area contributed by atoms with Crippen LogP contribution >= 0.6 is 0 Å². The molecular weight excluding hydrogens is 465 g/mol. The van der Waals surface area contributed by atoms with Crippen LogP contribution in [0.4, 0.5) is 18.9 Å². The van der Waals surface area contributed by atoms with Gasteiger partial charge in [0.15, 0.2) is 0 Å². The van der Waals surface area contributed by atoms with E-state index in [1.165, 1.54) is 12.1 Å². The molecule has 1 aliphatic rings. The lowest BCUT2D eigenvalue weighted by Gasteiger charge is -2.30. The number of anilines is 1. The summed E-state index contributed by atoms with van der Waals surface area (Å²) in [4.78, 5) is 17.8. The Morgan fingerprint density at radius 1 is 1.00 bits per heavy atom. The zero-order valence-electron chi connectivity index (χ0n) is 20.8. The first kappa shape index (κ1) is 25.8. The minimum atomic E-state index is -4.46. The molecule has 0 saturated carbocycles. The van der Waals surface area contributed by atoms with E-state index in [4.69, 9.17) is 4.74 Å². The number of ether oxygens (including phenoxy) is 1. The van der Waals surface area contributed by atoms with Crippen molar-refractivity contribution in [3.8, 4) is 5.75 Å². The number of amides is 1. The molecule has 1 aliphatic heterocycles. The second-order valence-electron chi connectivity index (χ2n) is 9.51. The number of alkyl halides is 3. The fourth-order valence-electron chi connectivity index (χ4n) is 4.89. The third kappa shape index (κ3) is 5.73. The van der Waals surface area contributed by atoms with Crippen LogP contribution in [0.1, 0.15) is 28.2 Å². The first-order valence-electron chi connectivity index (χ1n) is 12.0. The predicted molar refractivity (Wildman–Crippen MR) is 135 cm³/mol. The van der Waals surface area contributed by atoms with Crippen molar-refractivity contribution in [1.82, 2.24) is 4.90 Å². The third-order valence-electron chi connectivity index (χ3n) is 6.82. The van der Waals surface area contributed by atoms with Crippen LogP contribution in [0.15, 0.2) is 72.8 Å². The van der Waals surface area contributed by atoms with E-state index < -0.39 is 17.7 Å². The molecule has 0 fully saturated rings. The van der Waals surface area contributed by atoms with Crippen LogP contribution in [0.25, 0.3) is 0 Å². The van der Waals surface area contributed by atoms with Crippen molar-refractivity contribution in [2.24, 2.45) is 5.92 Å². The molecule has 0 saturated heterocycles. The van der Waals surface area contributed by atoms with Gasteiger partial charge in [0.2, 0.25) is 5.91 Å². The van der Waals surface area contributed by atoms with E-state index in [1.54, 1.807) is 12.0 Å². The van der Waals surface area contributed by atoms with E-state index in [0.29, 0.717) is 42.9 Å². The van der Waals surface area contributed by atoms with Crippen molar-refractivity contribution in [1.29, 1.82) is 0 Å². The summed E-state index contributed by atoms with van der Waals surface area (Å²) in [5.74, 6) is -0.120. The van der Waals surface area contributed by atoms with Crippen molar-refractivity contribution in [2.45, 2.75) is 24.9 Å². The zero-order valence-corrected chi connectivity index (χ0v) is 20.8. The van der Waals surface area contributed by atoms with E-state index in [9.17, 15) is 18.0 Å². The van der Waals surface area contributed by atoms with Crippen LogP contribution in [0.2, 0.25) is 0 Å². The number of benzene rings is 3. The van der Waals surface area contributed by atoms with E-state index >= 15 is 0 Å². The molecule has 3 aromatic rings. The fourth-order valence-corrected chi connectivity index (χ4v) is 4.89. The van der Waals surface area contributed by atoms with Gasteiger partial charge in [0.25, 0.3) is 0 Å². The van der Waals surface area contributed by atoms with Crippen molar-refractivity contribution in [3.63, 3.8) is 0 Å². The van der Waals surface area contributed by atoms with Gasteiger partial charge in [-0.3, -0.25) is 4.79 Å². The second kappa shape index (κ2) is 10.7. The number of carbonyl (C=O) groups is 1. The van der Waals surface area contributed by atoms with Crippen molar-refractivity contribution < 1.29 is 22.7 Å². The van der Waals surface area contributed by atoms with Gasteiger partial charge >= 0.3 is 6.18 Å². The highest BCUT2D eigenvalue weighted by Gasteiger charge is 2.39. The van der Waals surface area contributed by atoms with Gasteiger partial charge in [-0.15, -0.1) is 0 Å². The second-order valence-corrected chi connectivity index (χ2v) is 9.51. The Kier molecular flexibility index (Phi) is 7.69. The molecule has 0 radical (unpaired) electrons. The number of carbonyl (C=O) groups excluding carboxylic acids is 1. The smallest absolute Gasteiger partial charge is 0.416 e. The Balaban J connectivity index is 1.84. The van der Waals surface area contributed by atoms with Crippen molar-refractivity contribution >= 4 is 11.6 Å². The van der Waals surface area contributed by atoms with Gasteiger partial charge < -0.3 is 14.5 Å². The normalized spacial score (nSPS) is 18.2. The van der Waals surface area contributed by atoms with E-state index in [2.05, 4.69) is 0 Å². The molecule has 190 valence electrons. The average Bonchev–Trinajstić information content (AvgIpc) is 2.97. The Hall–Kier alpha value is -3.32. The summed E-state index contributed by atoms with van der Waals surface area (Å²) in [5.41, 5.74) is 2.32. The molecule has 0 spiro atoms. The molecule has 0 aliphatic carbocycles. The topological polar surface area (TPSA) is 32.8 Å². The largest absolute Gasteiger partial charge is 0.497 e. The number of rotatable bonds is 7. The quantitative estimate of drug-likeness (QED) is 0.414. The van der Waals surface area contributed by atoms with Crippen LogP contribution in [0, 0.1) is 5.92 Å². The molecule has 3 aromatic carbocycles. The summed E-state index contributed by atoms with van der Waals surface area (Å²) in [7, 11) is 5.41. The maximum absolute atomic E-state index is 14.2. The lowest BCUT2D eigenvalue weighted by molar-refractivity contribution is -0.137. The number of methoxy groups -OCH3 is 1. The highest BCUT2D eigenvalue weighted by molar-refractivity contribution is 5.97. The van der Waals surface area contributed by atoms with Crippen LogP contribution in [-0.2, 0) is 23.8 Å². The number of halogens is 3. The van der Waals surface area contributed by atoms with Gasteiger partial charge in [-0.05, 0) is 79.9 Å².